The lowest BCUT2D eigenvalue weighted by atomic mass is 10.2. The Morgan fingerprint density at radius 3 is 2.25 bits per heavy atom. The number of aromatic nitrogens is 1. The summed E-state index contributed by atoms with van der Waals surface area (Å²) in [6.07, 6.45) is 5.81. The van der Waals surface area contributed by atoms with Crippen molar-refractivity contribution < 1.29 is 19.1 Å². The number of nitrogens with zero attached hydrogens (tertiary/aromatic N) is 3. The number of esters is 1. The van der Waals surface area contributed by atoms with Crippen LogP contribution in [0.4, 0.5) is 10.5 Å². The summed E-state index contributed by atoms with van der Waals surface area (Å²) in [5, 5.41) is 2.87. The summed E-state index contributed by atoms with van der Waals surface area (Å²) >= 11 is 0. The minimum absolute atomic E-state index is 0.0200. The maximum Gasteiger partial charge on any atom is 0.338 e. The van der Waals surface area contributed by atoms with Crippen LogP contribution in [0.15, 0.2) is 42.6 Å². The third-order valence-electron chi connectivity index (χ3n) is 5.89. The van der Waals surface area contributed by atoms with Gasteiger partial charge in [-0.25, -0.2) is 9.59 Å². The zero-order valence-corrected chi connectivity index (χ0v) is 18.6. The summed E-state index contributed by atoms with van der Waals surface area (Å²) in [4.78, 5) is 41.5. The van der Waals surface area contributed by atoms with Crippen molar-refractivity contribution in [1.82, 2.24) is 14.4 Å². The van der Waals surface area contributed by atoms with Crippen molar-refractivity contribution in [1.29, 1.82) is 0 Å². The number of hydrogen-bond acceptors (Lipinski definition) is 4. The van der Waals surface area contributed by atoms with Crippen molar-refractivity contribution in [3.8, 4) is 0 Å². The average Bonchev–Trinajstić information content (AvgIpc) is 3.70. The predicted molar refractivity (Wildman–Crippen MR) is 120 cm³/mol. The molecule has 0 bridgehead atoms. The molecule has 1 aromatic heterocycles. The lowest BCUT2D eigenvalue weighted by Crippen LogP contribution is -2.46. The van der Waals surface area contributed by atoms with Crippen LogP contribution in [0.2, 0.25) is 0 Å². The highest BCUT2D eigenvalue weighted by atomic mass is 16.5. The van der Waals surface area contributed by atoms with Crippen molar-refractivity contribution in [2.24, 2.45) is 7.05 Å². The highest BCUT2D eigenvalue weighted by molar-refractivity contribution is 5.94. The lowest BCUT2D eigenvalue weighted by Gasteiger charge is -2.28. The molecule has 0 spiro atoms. The van der Waals surface area contributed by atoms with Gasteiger partial charge in [0.05, 0.1) is 18.7 Å². The lowest BCUT2D eigenvalue weighted by molar-refractivity contribution is -0.133. The van der Waals surface area contributed by atoms with Gasteiger partial charge >= 0.3 is 12.0 Å². The molecule has 3 amide bonds. The molecular weight excluding hydrogens is 408 g/mol. The van der Waals surface area contributed by atoms with Crippen molar-refractivity contribution in [3.63, 3.8) is 0 Å². The summed E-state index contributed by atoms with van der Waals surface area (Å²) in [6.45, 7) is 2.69. The highest BCUT2D eigenvalue weighted by Gasteiger charge is 2.38. The third-order valence-corrected chi connectivity index (χ3v) is 5.89. The Labute approximate surface area is 188 Å². The topological polar surface area (TPSA) is 83.9 Å². The molecule has 2 aliphatic rings. The van der Waals surface area contributed by atoms with Gasteiger partial charge in [-0.1, -0.05) is 0 Å². The first kappa shape index (κ1) is 21.9. The van der Waals surface area contributed by atoms with Gasteiger partial charge in [-0.2, -0.15) is 0 Å². The quantitative estimate of drug-likeness (QED) is 0.609. The minimum Gasteiger partial charge on any atom is -0.462 e. The smallest absolute Gasteiger partial charge is 0.338 e. The van der Waals surface area contributed by atoms with Crippen LogP contribution < -0.4 is 5.32 Å². The largest absolute Gasteiger partial charge is 0.462 e. The van der Waals surface area contributed by atoms with Gasteiger partial charge in [-0.05, 0) is 69.0 Å². The molecule has 1 heterocycles. The van der Waals surface area contributed by atoms with Crippen molar-refractivity contribution in [3.05, 3.63) is 53.9 Å². The van der Waals surface area contributed by atoms with Crippen LogP contribution in [0.25, 0.3) is 0 Å². The van der Waals surface area contributed by atoms with Crippen LogP contribution in [-0.2, 0) is 23.1 Å². The van der Waals surface area contributed by atoms with E-state index in [4.69, 9.17) is 4.74 Å². The third kappa shape index (κ3) is 5.30. The zero-order chi connectivity index (χ0) is 22.7. The Morgan fingerprint density at radius 2 is 1.69 bits per heavy atom. The van der Waals surface area contributed by atoms with Crippen LogP contribution in [0.3, 0.4) is 0 Å². The van der Waals surface area contributed by atoms with E-state index >= 15 is 0 Å². The number of ether oxygens (including phenoxy) is 1. The molecule has 2 fully saturated rings. The summed E-state index contributed by atoms with van der Waals surface area (Å²) in [6, 6.07) is 10.6. The van der Waals surface area contributed by atoms with E-state index in [1.54, 1.807) is 36.1 Å². The molecule has 2 aromatic rings. The van der Waals surface area contributed by atoms with Crippen LogP contribution in [-0.4, -0.2) is 57.5 Å². The number of hydrogen-bond donors (Lipinski definition) is 1. The number of amides is 3. The molecule has 0 radical (unpaired) electrons. The first-order valence-corrected chi connectivity index (χ1v) is 11.2. The fourth-order valence-electron chi connectivity index (χ4n) is 3.73. The number of carbonyl (C=O) groups excluding carboxylic acids is 3. The molecule has 0 atom stereocenters. The van der Waals surface area contributed by atoms with E-state index in [0.717, 1.165) is 31.4 Å². The van der Waals surface area contributed by atoms with E-state index in [2.05, 4.69) is 5.32 Å². The fraction of sp³-hybridized carbons (Fsp3) is 0.458. The molecule has 0 unspecified atom stereocenters. The Balaban J connectivity index is 1.39. The number of aryl methyl sites for hydroxylation is 1. The molecule has 0 aliphatic heterocycles. The zero-order valence-electron chi connectivity index (χ0n) is 18.6. The van der Waals surface area contributed by atoms with E-state index in [1.165, 1.54) is 0 Å². The predicted octanol–water partition coefficient (Wildman–Crippen LogP) is 3.39. The van der Waals surface area contributed by atoms with Gasteiger partial charge < -0.3 is 24.4 Å². The van der Waals surface area contributed by atoms with Crippen LogP contribution in [0.5, 0.6) is 0 Å². The number of rotatable bonds is 9. The maximum atomic E-state index is 13.2. The van der Waals surface area contributed by atoms with Gasteiger partial charge in [-0.15, -0.1) is 0 Å². The van der Waals surface area contributed by atoms with Crippen molar-refractivity contribution >= 4 is 23.6 Å². The fourth-order valence-corrected chi connectivity index (χ4v) is 3.73. The maximum absolute atomic E-state index is 13.2. The Hall–Kier alpha value is -3.29. The molecule has 0 saturated heterocycles. The second-order valence-electron chi connectivity index (χ2n) is 8.45. The first-order chi connectivity index (χ1) is 15.5. The molecule has 32 heavy (non-hydrogen) atoms. The van der Waals surface area contributed by atoms with Crippen molar-refractivity contribution in [2.75, 3.05) is 18.5 Å². The summed E-state index contributed by atoms with van der Waals surface area (Å²) < 4.78 is 7.01. The Bertz CT molecular complexity index is 976. The molecule has 2 aliphatic carbocycles. The number of anilines is 1. The van der Waals surface area contributed by atoms with Crippen molar-refractivity contribution in [2.45, 2.75) is 51.2 Å². The first-order valence-electron chi connectivity index (χ1n) is 11.2. The van der Waals surface area contributed by atoms with Crippen LogP contribution >= 0.6 is 0 Å². The summed E-state index contributed by atoms with van der Waals surface area (Å²) in [7, 11) is 1.97. The second kappa shape index (κ2) is 9.46. The number of carbonyl (C=O) groups is 3. The van der Waals surface area contributed by atoms with E-state index in [-0.39, 0.29) is 30.6 Å². The molecule has 1 aromatic carbocycles. The summed E-state index contributed by atoms with van der Waals surface area (Å²) in [5.41, 5.74) is 2.08. The number of nitrogens with one attached hydrogen (secondary N) is 1. The Morgan fingerprint density at radius 1 is 1.03 bits per heavy atom. The normalized spacial score (nSPS) is 15.2. The van der Waals surface area contributed by atoms with Gasteiger partial charge in [-0.3, -0.25) is 4.79 Å². The standard InChI is InChI=1S/C24H30N4O4/c1-3-32-23(30)17-6-8-18(9-7-17)25-24(31)28(20-12-13-20)16-22(29)27(19-10-11-19)15-21-5-4-14-26(21)2/h4-9,14,19-20H,3,10-13,15-16H2,1-2H3,(H,25,31). The second-order valence-corrected chi connectivity index (χ2v) is 8.45. The highest BCUT2D eigenvalue weighted by Crippen LogP contribution is 2.31. The van der Waals surface area contributed by atoms with E-state index in [9.17, 15) is 14.4 Å². The van der Waals surface area contributed by atoms with E-state index < -0.39 is 5.97 Å². The van der Waals surface area contributed by atoms with E-state index in [1.807, 2.05) is 34.8 Å². The minimum atomic E-state index is -0.394. The molecule has 4 rings (SSSR count). The average molecular weight is 439 g/mol. The van der Waals surface area contributed by atoms with Crippen LogP contribution in [0.1, 0.15) is 48.7 Å². The Kier molecular flexibility index (Phi) is 6.48. The molecule has 170 valence electrons. The van der Waals surface area contributed by atoms with Gasteiger partial charge in [0.1, 0.15) is 6.54 Å². The van der Waals surface area contributed by atoms with Gasteiger partial charge in [0.15, 0.2) is 0 Å². The molecule has 8 heteroatoms. The molecule has 1 N–H and O–H groups in total. The summed E-state index contributed by atoms with van der Waals surface area (Å²) in [5.74, 6) is -0.414. The van der Waals surface area contributed by atoms with Crippen LogP contribution in [0, 0.1) is 0 Å². The molecular formula is C24H30N4O4. The molecule has 2 saturated carbocycles. The number of benzene rings is 1. The van der Waals surface area contributed by atoms with Gasteiger partial charge in [0, 0.05) is 36.7 Å². The SMILES string of the molecule is CCOC(=O)c1ccc(NC(=O)N(CC(=O)N(Cc2cccn2C)C2CC2)C2CC2)cc1. The molecule has 8 nitrogen and oxygen atoms in total. The monoisotopic (exact) mass is 438 g/mol. The van der Waals surface area contributed by atoms with Gasteiger partial charge in [0.2, 0.25) is 5.91 Å². The van der Waals surface area contributed by atoms with E-state index in [0.29, 0.717) is 24.4 Å². The number of urea groups is 1. The van der Waals surface area contributed by atoms with Gasteiger partial charge in [0.25, 0.3) is 0 Å².